The number of rotatable bonds is 7. The molecule has 1 N–H and O–H groups in total. The van der Waals surface area contributed by atoms with Crippen LogP contribution in [-0.4, -0.2) is 19.7 Å². The second-order valence-corrected chi connectivity index (χ2v) is 9.16. The van der Waals surface area contributed by atoms with Gasteiger partial charge in [0.1, 0.15) is 11.3 Å². The molecule has 0 fully saturated rings. The lowest BCUT2D eigenvalue weighted by molar-refractivity contribution is 0.394. The number of nitrogens with zero attached hydrogens (tertiary/aromatic N) is 5. The second-order valence-electron chi connectivity index (χ2n) is 8.75. The highest BCUT2D eigenvalue weighted by Gasteiger charge is 2.16. The average Bonchev–Trinajstić information content (AvgIpc) is 3.27. The van der Waals surface area contributed by atoms with Crippen LogP contribution in [0.1, 0.15) is 38.1 Å². The van der Waals surface area contributed by atoms with Crippen molar-refractivity contribution in [3.05, 3.63) is 97.7 Å². The molecule has 4 heterocycles. The van der Waals surface area contributed by atoms with Crippen LogP contribution in [0.3, 0.4) is 0 Å². The molecular formula is C28H27ClN6O2. The lowest BCUT2D eigenvalue weighted by atomic mass is 10.0. The molecule has 9 heteroatoms. The summed E-state index contributed by atoms with van der Waals surface area (Å²) in [6.07, 6.45) is 7.27. The van der Waals surface area contributed by atoms with E-state index in [1.165, 1.54) is 5.57 Å². The van der Waals surface area contributed by atoms with Gasteiger partial charge in [-0.25, -0.2) is 4.99 Å². The van der Waals surface area contributed by atoms with E-state index in [1.807, 2.05) is 37.3 Å². The Kier molecular flexibility index (Phi) is 7.01. The van der Waals surface area contributed by atoms with E-state index in [0.717, 1.165) is 35.0 Å². The predicted molar refractivity (Wildman–Crippen MR) is 143 cm³/mol. The number of hydrogen-bond donors (Lipinski definition) is 1. The number of fused-ring (bicyclic) bond motifs is 1. The predicted octanol–water partition coefficient (Wildman–Crippen LogP) is 4.16. The molecule has 188 valence electrons. The Morgan fingerprint density at radius 3 is 2.59 bits per heavy atom. The summed E-state index contributed by atoms with van der Waals surface area (Å²) < 4.78 is 6.79. The molecule has 0 unspecified atom stereocenters. The third-order valence-electron chi connectivity index (χ3n) is 6.41. The molecule has 8 nitrogen and oxygen atoms in total. The summed E-state index contributed by atoms with van der Waals surface area (Å²) in [7, 11) is 0. The molecular weight excluding hydrogens is 488 g/mol. The highest BCUT2D eigenvalue weighted by atomic mass is 35.5. The Morgan fingerprint density at radius 2 is 1.92 bits per heavy atom. The second kappa shape index (κ2) is 10.5. The van der Waals surface area contributed by atoms with Gasteiger partial charge in [-0.3, -0.25) is 14.3 Å². The van der Waals surface area contributed by atoms with E-state index in [0.29, 0.717) is 46.4 Å². The van der Waals surface area contributed by atoms with Crippen molar-refractivity contribution < 1.29 is 4.52 Å². The first-order chi connectivity index (χ1) is 18.0. The Labute approximate surface area is 219 Å². The van der Waals surface area contributed by atoms with Crippen molar-refractivity contribution in [2.75, 3.05) is 0 Å². The summed E-state index contributed by atoms with van der Waals surface area (Å²) >= 11 is 6.68. The van der Waals surface area contributed by atoms with Crippen LogP contribution >= 0.6 is 11.6 Å². The maximum atomic E-state index is 13.7. The quantitative estimate of drug-likeness (QED) is 0.397. The number of halogens is 1. The van der Waals surface area contributed by atoms with Crippen LogP contribution in [0.5, 0.6) is 0 Å². The number of aromatic nitrogens is 4. The Hall–Kier alpha value is -4.04. The molecule has 0 bridgehead atoms. The first kappa shape index (κ1) is 24.6. The summed E-state index contributed by atoms with van der Waals surface area (Å²) in [5.74, 6) is 1.73. The highest BCUT2D eigenvalue weighted by molar-refractivity contribution is 6.33. The fourth-order valence-corrected chi connectivity index (χ4v) is 4.69. The van der Waals surface area contributed by atoms with Crippen LogP contribution < -0.4 is 21.6 Å². The number of pyridine rings is 2. The highest BCUT2D eigenvalue weighted by Crippen LogP contribution is 2.29. The van der Waals surface area contributed by atoms with Crippen LogP contribution in [0.25, 0.3) is 28.6 Å². The van der Waals surface area contributed by atoms with E-state index in [9.17, 15) is 4.79 Å². The van der Waals surface area contributed by atoms with Crippen molar-refractivity contribution in [1.29, 1.82) is 0 Å². The minimum Gasteiger partial charge on any atom is -0.366 e. The van der Waals surface area contributed by atoms with Gasteiger partial charge in [0.05, 0.1) is 0 Å². The Morgan fingerprint density at radius 1 is 1.11 bits per heavy atom. The van der Waals surface area contributed by atoms with Gasteiger partial charge in [0.2, 0.25) is 11.7 Å². The summed E-state index contributed by atoms with van der Waals surface area (Å²) in [4.78, 5) is 27.0. The summed E-state index contributed by atoms with van der Waals surface area (Å²) in [5, 5.41) is 8.78. The molecule has 0 saturated heterocycles. The maximum Gasteiger partial charge on any atom is 0.260 e. The van der Waals surface area contributed by atoms with Crippen LogP contribution in [-0.2, 0) is 13.1 Å². The van der Waals surface area contributed by atoms with Crippen molar-refractivity contribution in [3.8, 4) is 22.5 Å². The molecule has 0 amide bonds. The van der Waals surface area contributed by atoms with Crippen LogP contribution in [0.15, 0.2) is 74.5 Å². The zero-order valence-electron chi connectivity index (χ0n) is 21.0. The van der Waals surface area contributed by atoms with E-state index in [4.69, 9.17) is 21.1 Å². The van der Waals surface area contributed by atoms with E-state index in [2.05, 4.69) is 33.4 Å². The molecule has 1 aliphatic rings. The van der Waals surface area contributed by atoms with Gasteiger partial charge in [-0.15, -0.1) is 0 Å². The van der Waals surface area contributed by atoms with Crippen LogP contribution in [0, 0.1) is 6.92 Å². The molecule has 0 aliphatic carbocycles. The molecule has 37 heavy (non-hydrogen) atoms. The third kappa shape index (κ3) is 4.97. The van der Waals surface area contributed by atoms with Crippen molar-refractivity contribution in [2.45, 2.75) is 46.7 Å². The molecule has 1 aromatic carbocycles. The third-order valence-corrected chi connectivity index (χ3v) is 6.72. The first-order valence-corrected chi connectivity index (χ1v) is 12.6. The van der Waals surface area contributed by atoms with E-state index in [-0.39, 0.29) is 5.56 Å². The van der Waals surface area contributed by atoms with Gasteiger partial charge >= 0.3 is 0 Å². The van der Waals surface area contributed by atoms with Crippen molar-refractivity contribution >= 4 is 17.7 Å². The maximum absolute atomic E-state index is 13.7. The molecule has 0 atom stereocenters. The van der Waals surface area contributed by atoms with Crippen molar-refractivity contribution in [3.63, 3.8) is 0 Å². The van der Waals surface area contributed by atoms with Gasteiger partial charge in [0, 0.05) is 59.3 Å². The lowest BCUT2D eigenvalue weighted by Gasteiger charge is -2.12. The van der Waals surface area contributed by atoms with Crippen molar-refractivity contribution in [2.24, 2.45) is 4.99 Å². The fourth-order valence-electron chi connectivity index (χ4n) is 4.41. The average molecular weight is 515 g/mol. The first-order valence-electron chi connectivity index (χ1n) is 12.3. The number of hydrogen-bond acceptors (Lipinski definition) is 7. The van der Waals surface area contributed by atoms with Gasteiger partial charge in [-0.05, 0) is 55.2 Å². The van der Waals surface area contributed by atoms with E-state index < -0.39 is 0 Å². The molecule has 3 aromatic heterocycles. The Balaban J connectivity index is 1.58. The standard InChI is InChI=1S/C28H27ClN6O2/c1-4-19-6-7-21-14-23(22-9-8-20(15-24(22)29)26-32-17(3)37-34-26)28(36)35(5-2)27(21)33-25(19)31-16-18-10-12-30-13-11-18/h7-15,31H,4-6,16H2,1-3H3. The van der Waals surface area contributed by atoms with Crippen LogP contribution in [0.2, 0.25) is 5.02 Å². The molecule has 4 aromatic rings. The van der Waals surface area contributed by atoms with Gasteiger partial charge in [0.15, 0.2) is 0 Å². The SMILES string of the molecule is CCC1=C(NCc2ccncc2)N=c2c(cc(-c3ccc(-c4noc(C)n4)cc3Cl)c(=O)n2CC)=CC1. The molecule has 0 spiro atoms. The van der Waals surface area contributed by atoms with Gasteiger partial charge in [-0.2, -0.15) is 4.98 Å². The smallest absolute Gasteiger partial charge is 0.260 e. The summed E-state index contributed by atoms with van der Waals surface area (Å²) in [6.45, 7) is 6.90. The lowest BCUT2D eigenvalue weighted by Crippen LogP contribution is -2.44. The molecule has 1 aliphatic heterocycles. The van der Waals surface area contributed by atoms with Gasteiger partial charge < -0.3 is 9.84 Å². The monoisotopic (exact) mass is 514 g/mol. The molecule has 0 radical (unpaired) electrons. The zero-order valence-corrected chi connectivity index (χ0v) is 21.7. The Bertz CT molecular complexity index is 1670. The number of aryl methyl sites for hydroxylation is 1. The fraction of sp³-hybridized carbons (Fsp3) is 0.250. The number of benzene rings is 1. The normalized spacial score (nSPS) is 13.0. The summed E-state index contributed by atoms with van der Waals surface area (Å²) in [6, 6.07) is 11.3. The zero-order chi connectivity index (χ0) is 25.9. The summed E-state index contributed by atoms with van der Waals surface area (Å²) in [5.41, 5.74) is 4.69. The number of allylic oxidation sites excluding steroid dienone is 1. The topological polar surface area (TPSA) is 98.2 Å². The van der Waals surface area contributed by atoms with Gasteiger partial charge in [0.25, 0.3) is 5.56 Å². The molecule has 0 saturated carbocycles. The van der Waals surface area contributed by atoms with E-state index in [1.54, 1.807) is 30.0 Å². The number of nitrogens with one attached hydrogen (secondary N) is 1. The largest absolute Gasteiger partial charge is 0.366 e. The minimum atomic E-state index is -0.142. The van der Waals surface area contributed by atoms with Gasteiger partial charge in [-0.1, -0.05) is 41.9 Å². The minimum absolute atomic E-state index is 0.142. The van der Waals surface area contributed by atoms with E-state index >= 15 is 0 Å². The molecule has 5 rings (SSSR count). The van der Waals surface area contributed by atoms with Crippen LogP contribution in [0.4, 0.5) is 0 Å². The van der Waals surface area contributed by atoms with Crippen molar-refractivity contribution in [1.82, 2.24) is 25.0 Å².